The van der Waals surface area contributed by atoms with Gasteiger partial charge in [-0.2, -0.15) is 4.98 Å². The van der Waals surface area contributed by atoms with Crippen molar-refractivity contribution in [3.63, 3.8) is 0 Å². The first-order valence-corrected chi connectivity index (χ1v) is 4.05. The van der Waals surface area contributed by atoms with E-state index in [0.717, 1.165) is 25.9 Å². The van der Waals surface area contributed by atoms with Gasteiger partial charge < -0.3 is 9.26 Å². The maximum Gasteiger partial charge on any atom is 0.213 e. The van der Waals surface area contributed by atoms with Gasteiger partial charge in [0.25, 0.3) is 0 Å². The summed E-state index contributed by atoms with van der Waals surface area (Å²) in [6.07, 6.45) is 4.41. The summed E-state index contributed by atoms with van der Waals surface area (Å²) in [6, 6.07) is 0. The second-order valence-electron chi connectivity index (χ2n) is 2.46. The molecule has 0 saturated heterocycles. The fourth-order valence-electron chi connectivity index (χ4n) is 0.800. The van der Waals surface area contributed by atoms with E-state index in [-0.39, 0.29) is 0 Å². The number of hydrogen-bond donors (Lipinski definition) is 0. The predicted octanol–water partition coefficient (Wildman–Crippen LogP) is 1.59. The highest BCUT2D eigenvalue weighted by Gasteiger charge is 1.96. The molecule has 67 valence electrons. The Balaban J connectivity index is 1.96. The second-order valence-corrected chi connectivity index (χ2v) is 2.46. The van der Waals surface area contributed by atoms with E-state index in [1.807, 2.05) is 0 Å². The highest BCUT2D eigenvalue weighted by molar-refractivity contribution is 4.72. The molecule has 4 heteroatoms. The molecule has 0 aromatic carbocycles. The predicted molar refractivity (Wildman–Crippen MR) is 43.2 cm³/mol. The minimum Gasteiger partial charge on any atom is -0.373 e. The molecule has 0 spiro atoms. The van der Waals surface area contributed by atoms with Crippen molar-refractivity contribution >= 4 is 0 Å². The van der Waals surface area contributed by atoms with Crippen molar-refractivity contribution in [1.29, 1.82) is 0 Å². The number of hydrogen-bond acceptors (Lipinski definition) is 4. The van der Waals surface area contributed by atoms with Crippen LogP contribution in [0.2, 0.25) is 0 Å². The van der Waals surface area contributed by atoms with Crippen LogP contribution in [-0.4, -0.2) is 16.7 Å². The van der Waals surface area contributed by atoms with Gasteiger partial charge in [-0.05, 0) is 6.42 Å². The van der Waals surface area contributed by atoms with Gasteiger partial charge in [0.05, 0.1) is 0 Å². The summed E-state index contributed by atoms with van der Waals surface area (Å²) in [6.45, 7) is 4.92. The van der Waals surface area contributed by atoms with E-state index in [0.29, 0.717) is 12.4 Å². The molecule has 0 unspecified atom stereocenters. The van der Waals surface area contributed by atoms with E-state index in [1.54, 1.807) is 0 Å². The van der Waals surface area contributed by atoms with Gasteiger partial charge in [-0.15, -0.1) is 0 Å². The topological polar surface area (TPSA) is 48.2 Å². The minimum atomic E-state index is 0.438. The summed E-state index contributed by atoms with van der Waals surface area (Å²) in [5.74, 6) is 0.602. The summed E-state index contributed by atoms with van der Waals surface area (Å²) in [7, 11) is 0. The Hall–Kier alpha value is -0.900. The number of unbranched alkanes of at least 4 members (excludes halogenated alkanes) is 2. The van der Waals surface area contributed by atoms with Crippen LogP contribution >= 0.6 is 0 Å². The Kier molecular flexibility index (Phi) is 4.37. The standard InChI is InChI=1S/C8H13N2O2/c1-2-3-4-5-11-6-8-9-7-12-10-8/h7H,1-6H2. The van der Waals surface area contributed by atoms with Gasteiger partial charge in [-0.1, -0.05) is 24.9 Å². The van der Waals surface area contributed by atoms with Crippen molar-refractivity contribution in [1.82, 2.24) is 10.1 Å². The van der Waals surface area contributed by atoms with Crippen LogP contribution in [0.1, 0.15) is 25.1 Å². The van der Waals surface area contributed by atoms with Crippen molar-refractivity contribution < 1.29 is 9.26 Å². The third-order valence-electron chi connectivity index (χ3n) is 1.43. The van der Waals surface area contributed by atoms with Crippen molar-refractivity contribution in [2.75, 3.05) is 6.61 Å². The molecule has 1 aromatic heterocycles. The quantitative estimate of drug-likeness (QED) is 0.607. The molecule has 1 rings (SSSR count). The lowest BCUT2D eigenvalue weighted by Crippen LogP contribution is -1.96. The molecule has 0 bridgehead atoms. The molecule has 1 aromatic rings. The molecule has 0 amide bonds. The van der Waals surface area contributed by atoms with Gasteiger partial charge >= 0.3 is 0 Å². The smallest absolute Gasteiger partial charge is 0.213 e. The summed E-state index contributed by atoms with van der Waals surface area (Å²) >= 11 is 0. The zero-order valence-electron chi connectivity index (χ0n) is 7.03. The molecule has 0 atom stereocenters. The van der Waals surface area contributed by atoms with Crippen LogP contribution in [-0.2, 0) is 11.3 Å². The van der Waals surface area contributed by atoms with E-state index < -0.39 is 0 Å². The van der Waals surface area contributed by atoms with Gasteiger partial charge in [0, 0.05) is 6.61 Å². The molecule has 0 aliphatic heterocycles. The Morgan fingerprint density at radius 3 is 3.08 bits per heavy atom. The Labute approximate surface area is 71.9 Å². The monoisotopic (exact) mass is 169 g/mol. The van der Waals surface area contributed by atoms with Crippen molar-refractivity contribution in [2.24, 2.45) is 0 Å². The fourth-order valence-corrected chi connectivity index (χ4v) is 0.800. The van der Waals surface area contributed by atoms with Crippen LogP contribution in [0.3, 0.4) is 0 Å². The summed E-state index contributed by atoms with van der Waals surface area (Å²) in [4.78, 5) is 3.82. The molecule has 0 N–H and O–H groups in total. The lowest BCUT2D eigenvalue weighted by atomic mass is 10.3. The molecule has 0 aliphatic rings. The zero-order valence-corrected chi connectivity index (χ0v) is 7.03. The third-order valence-corrected chi connectivity index (χ3v) is 1.43. The van der Waals surface area contributed by atoms with E-state index in [1.165, 1.54) is 6.39 Å². The van der Waals surface area contributed by atoms with Crippen molar-refractivity contribution in [3.05, 3.63) is 19.1 Å². The Morgan fingerprint density at radius 2 is 2.42 bits per heavy atom. The molecule has 12 heavy (non-hydrogen) atoms. The van der Waals surface area contributed by atoms with E-state index in [4.69, 9.17) is 4.74 Å². The lowest BCUT2D eigenvalue weighted by Gasteiger charge is -1.98. The Bertz CT molecular complexity index is 187. The molecule has 0 fully saturated rings. The maximum absolute atomic E-state index is 5.27. The van der Waals surface area contributed by atoms with Gasteiger partial charge in [0.2, 0.25) is 6.39 Å². The average Bonchev–Trinajstić information content (AvgIpc) is 2.57. The average molecular weight is 169 g/mol. The zero-order chi connectivity index (χ0) is 8.65. The van der Waals surface area contributed by atoms with Crippen LogP contribution in [0, 0.1) is 6.92 Å². The van der Waals surface area contributed by atoms with E-state index in [9.17, 15) is 0 Å². The first-order chi connectivity index (χ1) is 5.93. The lowest BCUT2D eigenvalue weighted by molar-refractivity contribution is 0.110. The molecule has 0 aliphatic carbocycles. The minimum absolute atomic E-state index is 0.438. The number of rotatable bonds is 6. The van der Waals surface area contributed by atoms with Gasteiger partial charge in [-0.3, -0.25) is 0 Å². The highest BCUT2D eigenvalue weighted by atomic mass is 16.5. The first kappa shape index (κ1) is 9.19. The first-order valence-electron chi connectivity index (χ1n) is 4.05. The highest BCUT2D eigenvalue weighted by Crippen LogP contribution is 1.96. The largest absolute Gasteiger partial charge is 0.373 e. The van der Waals surface area contributed by atoms with E-state index >= 15 is 0 Å². The van der Waals surface area contributed by atoms with Crippen molar-refractivity contribution in [3.8, 4) is 0 Å². The van der Waals surface area contributed by atoms with Gasteiger partial charge in [-0.25, -0.2) is 0 Å². The molecule has 0 saturated carbocycles. The number of nitrogens with zero attached hydrogens (tertiary/aromatic N) is 2. The second kappa shape index (κ2) is 5.71. The third kappa shape index (κ3) is 3.48. The van der Waals surface area contributed by atoms with Gasteiger partial charge in [0.15, 0.2) is 5.82 Å². The fraction of sp³-hybridized carbons (Fsp3) is 0.625. The maximum atomic E-state index is 5.27. The van der Waals surface area contributed by atoms with Crippen LogP contribution in [0.15, 0.2) is 10.9 Å². The molecule has 1 radical (unpaired) electrons. The van der Waals surface area contributed by atoms with Gasteiger partial charge in [0.1, 0.15) is 6.61 Å². The van der Waals surface area contributed by atoms with Crippen molar-refractivity contribution in [2.45, 2.75) is 25.9 Å². The molecule has 4 nitrogen and oxygen atoms in total. The normalized spacial score (nSPS) is 10.4. The SMILES string of the molecule is [CH2]CCCCOCc1ncon1. The molecular weight excluding hydrogens is 156 g/mol. The van der Waals surface area contributed by atoms with Crippen LogP contribution in [0.5, 0.6) is 0 Å². The summed E-state index contributed by atoms with van der Waals surface area (Å²) < 4.78 is 9.81. The molecular formula is C8H13N2O2. The number of ether oxygens (including phenoxy) is 1. The number of aromatic nitrogens is 2. The van der Waals surface area contributed by atoms with Crippen LogP contribution < -0.4 is 0 Å². The van der Waals surface area contributed by atoms with Crippen LogP contribution in [0.4, 0.5) is 0 Å². The summed E-state index contributed by atoms with van der Waals surface area (Å²) in [5, 5.41) is 3.61. The Morgan fingerprint density at radius 1 is 1.50 bits per heavy atom. The summed E-state index contributed by atoms with van der Waals surface area (Å²) in [5.41, 5.74) is 0. The van der Waals surface area contributed by atoms with E-state index in [2.05, 4.69) is 21.6 Å². The molecule has 1 heterocycles. The van der Waals surface area contributed by atoms with Crippen LogP contribution in [0.25, 0.3) is 0 Å².